The molecule has 1 aliphatic carbocycles. The van der Waals surface area contributed by atoms with Gasteiger partial charge >= 0.3 is 0 Å². The molecule has 1 saturated carbocycles. The molecule has 0 bridgehead atoms. The molecule has 1 aliphatic rings. The monoisotopic (exact) mass is 365 g/mol. The maximum absolute atomic E-state index is 9.67. The first-order valence-corrected chi connectivity index (χ1v) is 9.71. The molecule has 0 aromatic heterocycles. The molecule has 1 fully saturated rings. The Morgan fingerprint density at radius 1 is 1.19 bits per heavy atom. The van der Waals surface area contributed by atoms with Crippen LogP contribution in [0.5, 0.6) is 5.75 Å². The van der Waals surface area contributed by atoms with Gasteiger partial charge in [0.25, 0.3) is 0 Å². The lowest BCUT2D eigenvalue weighted by Gasteiger charge is -2.32. The summed E-state index contributed by atoms with van der Waals surface area (Å²) in [5, 5.41) is 14.7. The molecular formula is C20H35N3O3. The van der Waals surface area contributed by atoms with Crippen molar-refractivity contribution in [2.45, 2.75) is 63.1 Å². The molecule has 0 heterocycles. The summed E-state index contributed by atoms with van der Waals surface area (Å²) >= 11 is 0. The van der Waals surface area contributed by atoms with E-state index in [9.17, 15) is 5.11 Å². The molecule has 2 unspecified atom stereocenters. The fraction of sp³-hybridized carbons (Fsp3) is 0.700. The zero-order valence-electron chi connectivity index (χ0n) is 16.6. The van der Waals surface area contributed by atoms with Crippen molar-refractivity contribution in [3.8, 4) is 5.75 Å². The van der Waals surface area contributed by atoms with Gasteiger partial charge in [-0.25, -0.2) is 4.94 Å². The van der Waals surface area contributed by atoms with Crippen molar-refractivity contribution in [3.63, 3.8) is 0 Å². The van der Waals surface area contributed by atoms with E-state index in [0.717, 1.165) is 32.1 Å². The Hall–Kier alpha value is -1.18. The largest absolute Gasteiger partial charge is 0.508 e. The summed E-state index contributed by atoms with van der Waals surface area (Å²) in [6.07, 6.45) is 5.61. The Labute approximate surface area is 157 Å². The van der Waals surface area contributed by atoms with E-state index in [4.69, 9.17) is 9.68 Å². The predicted molar refractivity (Wildman–Crippen MR) is 104 cm³/mol. The minimum Gasteiger partial charge on any atom is -0.508 e. The molecular weight excluding hydrogens is 330 g/mol. The van der Waals surface area contributed by atoms with E-state index >= 15 is 0 Å². The van der Waals surface area contributed by atoms with E-state index in [0.29, 0.717) is 24.4 Å². The highest BCUT2D eigenvalue weighted by Crippen LogP contribution is 2.35. The molecule has 26 heavy (non-hydrogen) atoms. The van der Waals surface area contributed by atoms with Crippen LogP contribution in [0, 0.1) is 0 Å². The number of phenolic OH excluding ortho intramolecular Hbond substituents is 1. The zero-order chi connectivity index (χ0) is 18.9. The summed E-state index contributed by atoms with van der Waals surface area (Å²) < 4.78 is 6.21. The van der Waals surface area contributed by atoms with Gasteiger partial charge in [-0.1, -0.05) is 19.1 Å². The lowest BCUT2D eigenvalue weighted by Crippen LogP contribution is -2.50. The molecule has 1 aromatic carbocycles. The maximum atomic E-state index is 9.67. The third-order valence-corrected chi connectivity index (χ3v) is 5.21. The smallest absolute Gasteiger partial charge is 0.115 e. The van der Waals surface area contributed by atoms with Gasteiger partial charge in [0.15, 0.2) is 0 Å². The van der Waals surface area contributed by atoms with E-state index in [1.165, 1.54) is 5.56 Å². The zero-order valence-corrected chi connectivity index (χ0v) is 16.6. The quantitative estimate of drug-likeness (QED) is 0.554. The standard InChI is InChI=1S/C20H35N3O3/c1-5-19(22-26-23(3)4)20(21-2)14-25-18-11-9-15(10-12-18)16-7-6-8-17(24)13-16/h6-8,13,15,18-22,24H,5,9-12,14H2,1-4H3. The van der Waals surface area contributed by atoms with Crippen LogP contribution in [0.2, 0.25) is 0 Å². The molecule has 0 spiro atoms. The average molecular weight is 366 g/mol. The molecule has 2 atom stereocenters. The molecule has 0 amide bonds. The van der Waals surface area contributed by atoms with Crippen LogP contribution >= 0.6 is 0 Å². The molecule has 6 nitrogen and oxygen atoms in total. The third kappa shape index (κ3) is 6.52. The highest BCUT2D eigenvalue weighted by molar-refractivity contribution is 5.29. The van der Waals surface area contributed by atoms with Crippen molar-refractivity contribution in [3.05, 3.63) is 29.8 Å². The first kappa shape index (κ1) is 21.1. The summed E-state index contributed by atoms with van der Waals surface area (Å²) in [5.74, 6) is 0.886. The van der Waals surface area contributed by atoms with Gasteiger partial charge in [-0.15, -0.1) is 0 Å². The number of phenols is 1. The first-order chi connectivity index (χ1) is 12.5. The van der Waals surface area contributed by atoms with Crippen LogP contribution in [-0.2, 0) is 9.68 Å². The van der Waals surface area contributed by atoms with E-state index in [2.05, 4.69) is 23.8 Å². The number of rotatable bonds is 10. The molecule has 0 saturated heterocycles. The van der Waals surface area contributed by atoms with E-state index in [1.54, 1.807) is 11.1 Å². The highest BCUT2D eigenvalue weighted by atomic mass is 16.8. The van der Waals surface area contributed by atoms with Crippen LogP contribution in [0.15, 0.2) is 24.3 Å². The molecule has 2 rings (SSSR count). The van der Waals surface area contributed by atoms with Gasteiger partial charge in [0.2, 0.25) is 0 Å². The molecule has 3 N–H and O–H groups in total. The number of hydrogen-bond donors (Lipinski definition) is 3. The second-order valence-electron chi connectivity index (χ2n) is 7.33. The third-order valence-electron chi connectivity index (χ3n) is 5.21. The Morgan fingerprint density at radius 3 is 2.50 bits per heavy atom. The van der Waals surface area contributed by atoms with Crippen molar-refractivity contribution in [1.29, 1.82) is 0 Å². The molecule has 1 aromatic rings. The topological polar surface area (TPSA) is 66.0 Å². The Morgan fingerprint density at radius 2 is 1.92 bits per heavy atom. The molecule has 148 valence electrons. The van der Waals surface area contributed by atoms with Gasteiger partial charge < -0.3 is 15.2 Å². The Kier molecular flexibility index (Phi) is 8.81. The lowest BCUT2D eigenvalue weighted by molar-refractivity contribution is -0.193. The van der Waals surface area contributed by atoms with Crippen LogP contribution in [0.1, 0.15) is 50.5 Å². The summed E-state index contributed by atoms with van der Waals surface area (Å²) in [6, 6.07) is 8.05. The average Bonchev–Trinajstić information content (AvgIpc) is 2.64. The number of nitrogens with zero attached hydrogens (tertiary/aromatic N) is 1. The van der Waals surface area contributed by atoms with Crippen molar-refractivity contribution in [2.75, 3.05) is 27.7 Å². The Balaban J connectivity index is 1.77. The van der Waals surface area contributed by atoms with Gasteiger partial charge in [0, 0.05) is 20.1 Å². The van der Waals surface area contributed by atoms with Gasteiger partial charge in [0.1, 0.15) is 5.75 Å². The fourth-order valence-electron chi connectivity index (χ4n) is 3.61. The molecule has 6 heteroatoms. The number of hydroxylamine groups is 3. The summed E-state index contributed by atoms with van der Waals surface area (Å²) in [4.78, 5) is 5.41. The Bertz CT molecular complexity index is 519. The van der Waals surface area contributed by atoms with Crippen LogP contribution in [0.25, 0.3) is 0 Å². The molecule has 0 radical (unpaired) electrons. The van der Waals surface area contributed by atoms with Crippen molar-refractivity contribution < 1.29 is 14.8 Å². The normalized spacial score (nSPS) is 23.1. The predicted octanol–water partition coefficient (Wildman–Crippen LogP) is 2.80. The van der Waals surface area contributed by atoms with Gasteiger partial charge in [0.05, 0.1) is 18.8 Å². The van der Waals surface area contributed by atoms with Crippen molar-refractivity contribution in [1.82, 2.24) is 15.9 Å². The SMILES string of the molecule is CCC(NON(C)C)C(COC1CCC(c2cccc(O)c2)CC1)NC. The highest BCUT2D eigenvalue weighted by Gasteiger charge is 2.25. The van der Waals surface area contributed by atoms with Gasteiger partial charge in [-0.2, -0.15) is 10.5 Å². The second kappa shape index (κ2) is 10.8. The minimum absolute atomic E-state index is 0.186. The van der Waals surface area contributed by atoms with Gasteiger partial charge in [-0.3, -0.25) is 0 Å². The minimum atomic E-state index is 0.186. The lowest BCUT2D eigenvalue weighted by atomic mass is 9.82. The second-order valence-corrected chi connectivity index (χ2v) is 7.33. The summed E-state index contributed by atoms with van der Waals surface area (Å²) in [7, 11) is 5.68. The van der Waals surface area contributed by atoms with Crippen molar-refractivity contribution in [2.24, 2.45) is 0 Å². The number of benzene rings is 1. The summed E-state index contributed by atoms with van der Waals surface area (Å²) in [5.41, 5.74) is 4.34. The van der Waals surface area contributed by atoms with Crippen molar-refractivity contribution >= 4 is 0 Å². The van der Waals surface area contributed by atoms with Crippen LogP contribution in [0.3, 0.4) is 0 Å². The number of hydrogen-bond acceptors (Lipinski definition) is 6. The van der Waals surface area contributed by atoms with Crippen LogP contribution < -0.4 is 10.8 Å². The van der Waals surface area contributed by atoms with E-state index in [1.807, 2.05) is 33.3 Å². The fourth-order valence-corrected chi connectivity index (χ4v) is 3.61. The van der Waals surface area contributed by atoms with E-state index in [-0.39, 0.29) is 12.1 Å². The number of aromatic hydroxyl groups is 1. The number of ether oxygens (including phenoxy) is 1. The first-order valence-electron chi connectivity index (χ1n) is 9.71. The van der Waals surface area contributed by atoms with Crippen LogP contribution in [-0.4, -0.2) is 56.1 Å². The summed E-state index contributed by atoms with van der Waals surface area (Å²) in [6.45, 7) is 2.81. The molecule has 0 aliphatic heterocycles. The number of nitrogens with one attached hydrogen (secondary N) is 2. The van der Waals surface area contributed by atoms with Gasteiger partial charge in [-0.05, 0) is 62.8 Å². The number of likely N-dealkylation sites (N-methyl/N-ethyl adjacent to an activating group) is 1. The van der Waals surface area contributed by atoms with Crippen LogP contribution in [0.4, 0.5) is 0 Å². The van der Waals surface area contributed by atoms with E-state index < -0.39 is 0 Å². The maximum Gasteiger partial charge on any atom is 0.115 e.